The van der Waals surface area contributed by atoms with Gasteiger partial charge in [-0.3, -0.25) is 0 Å². The van der Waals surface area contributed by atoms with E-state index in [-0.39, 0.29) is 72.7 Å². The summed E-state index contributed by atoms with van der Waals surface area (Å²) in [5, 5.41) is 0. The Morgan fingerprint density at radius 2 is 1.16 bits per heavy atom. The molecule has 0 saturated heterocycles. The summed E-state index contributed by atoms with van der Waals surface area (Å²) in [5.74, 6) is 2.83. The first-order chi connectivity index (χ1) is 19.7. The summed E-state index contributed by atoms with van der Waals surface area (Å²) in [5.41, 5.74) is 15.5. The number of rotatable bonds is 2. The van der Waals surface area contributed by atoms with Gasteiger partial charge in [-0.2, -0.15) is 0 Å². The topological polar surface area (TPSA) is 0 Å². The van der Waals surface area contributed by atoms with Crippen LogP contribution in [0.2, 0.25) is 0 Å². The largest absolute Gasteiger partial charge is 2.00 e. The Kier molecular flexibility index (Phi) is 10.5. The predicted octanol–water partition coefficient (Wildman–Crippen LogP) is 6.07. The van der Waals surface area contributed by atoms with Crippen LogP contribution in [0.4, 0.5) is 0 Å². The van der Waals surface area contributed by atoms with E-state index in [0.717, 1.165) is 17.8 Å². The molecule has 0 heterocycles. The quantitative estimate of drug-likeness (QED) is 0.354. The molecule has 2 aromatic rings. The SMILES string of the molecule is CC(C)(C)C1=CC2=C(C1)C1CCCC1C2(C1CCCCC1)C1c2cc(C(C)(C)C)ccc2-c2ccc(C(C)(C)C)cc21.[Cl-].[Cl-].[Zr+2]. The van der Waals surface area contributed by atoms with E-state index in [0.29, 0.717) is 5.92 Å². The van der Waals surface area contributed by atoms with Crippen LogP contribution in [0.25, 0.3) is 11.1 Å². The molecule has 0 nitrogen and oxygen atoms in total. The molecule has 0 aliphatic heterocycles. The van der Waals surface area contributed by atoms with E-state index in [4.69, 9.17) is 0 Å². The van der Waals surface area contributed by atoms with Crippen LogP contribution >= 0.6 is 0 Å². The Morgan fingerprint density at radius 3 is 1.64 bits per heavy atom. The number of fused-ring (bicyclic) bond motifs is 5. The van der Waals surface area contributed by atoms with Gasteiger partial charge in [-0.1, -0.05) is 142 Å². The molecule has 5 aliphatic rings. The molecular weight excluding hydrogens is 667 g/mol. The number of allylic oxidation sites excluding steroid dienone is 4. The van der Waals surface area contributed by atoms with Crippen LogP contribution in [-0.4, -0.2) is 0 Å². The molecule has 0 radical (unpaired) electrons. The Hall–Kier alpha value is -0.617. The molecule has 3 heteroatoms. The summed E-state index contributed by atoms with van der Waals surface area (Å²) in [6.07, 6.45) is 15.4. The maximum absolute atomic E-state index is 2.81. The second-order valence-electron chi connectivity index (χ2n) is 18.0. The minimum Gasteiger partial charge on any atom is -1.00 e. The van der Waals surface area contributed by atoms with Crippen molar-refractivity contribution >= 4 is 0 Å². The molecule has 2 saturated carbocycles. The smallest absolute Gasteiger partial charge is 1.00 e. The zero-order valence-corrected chi connectivity index (χ0v) is 33.4. The van der Waals surface area contributed by atoms with Crippen LogP contribution in [0, 0.1) is 28.6 Å². The summed E-state index contributed by atoms with van der Waals surface area (Å²) in [6, 6.07) is 15.3. The van der Waals surface area contributed by atoms with Crippen LogP contribution in [0.3, 0.4) is 0 Å². The first-order valence-corrected chi connectivity index (χ1v) is 17.5. The summed E-state index contributed by atoms with van der Waals surface area (Å²) in [7, 11) is 0. The number of halogens is 2. The van der Waals surface area contributed by atoms with Gasteiger partial charge in [-0.15, -0.1) is 0 Å². The van der Waals surface area contributed by atoms with Crippen molar-refractivity contribution in [1.29, 1.82) is 0 Å². The van der Waals surface area contributed by atoms with Gasteiger partial charge in [0.2, 0.25) is 0 Å². The van der Waals surface area contributed by atoms with Crippen molar-refractivity contribution < 1.29 is 51.0 Å². The van der Waals surface area contributed by atoms with Crippen molar-refractivity contribution in [1.82, 2.24) is 0 Å². The molecule has 3 atom stereocenters. The van der Waals surface area contributed by atoms with Crippen LogP contribution < -0.4 is 24.8 Å². The van der Waals surface area contributed by atoms with Gasteiger partial charge in [0.25, 0.3) is 0 Å². The number of benzene rings is 2. The van der Waals surface area contributed by atoms with Crippen LogP contribution in [0.15, 0.2) is 59.2 Å². The number of hydrogen-bond acceptors (Lipinski definition) is 0. The molecule has 0 spiro atoms. The van der Waals surface area contributed by atoms with Crippen molar-refractivity contribution in [3.63, 3.8) is 0 Å². The average molecular weight is 723 g/mol. The maximum Gasteiger partial charge on any atom is 2.00 e. The second-order valence-corrected chi connectivity index (χ2v) is 18.0. The predicted molar refractivity (Wildman–Crippen MR) is 180 cm³/mol. The fourth-order valence-electron chi connectivity index (χ4n) is 10.4. The van der Waals surface area contributed by atoms with Gasteiger partial charge in [0.15, 0.2) is 0 Å². The Morgan fingerprint density at radius 1 is 0.622 bits per heavy atom. The third kappa shape index (κ3) is 5.78. The van der Waals surface area contributed by atoms with Crippen LogP contribution in [0.1, 0.15) is 148 Å². The van der Waals surface area contributed by atoms with Crippen molar-refractivity contribution in [2.45, 2.75) is 137 Å². The first kappa shape index (κ1) is 37.2. The summed E-state index contributed by atoms with van der Waals surface area (Å²) < 4.78 is 0. The average Bonchev–Trinajstić information content (AvgIpc) is 3.68. The minimum absolute atomic E-state index is 0. The third-order valence-corrected chi connectivity index (χ3v) is 12.6. The normalized spacial score (nSPS) is 26.3. The van der Waals surface area contributed by atoms with Gasteiger partial charge in [-0.25, -0.2) is 0 Å². The molecule has 0 bridgehead atoms. The van der Waals surface area contributed by atoms with Gasteiger partial charge in [0.05, 0.1) is 0 Å². The van der Waals surface area contributed by atoms with Crippen LogP contribution in [0.5, 0.6) is 0 Å². The second kappa shape index (κ2) is 12.7. The fraction of sp³-hybridized carbons (Fsp3) is 0.619. The molecule has 3 unspecified atom stereocenters. The fourth-order valence-corrected chi connectivity index (χ4v) is 10.4. The molecule has 0 amide bonds. The Balaban J connectivity index is 0.00000154. The molecule has 45 heavy (non-hydrogen) atoms. The zero-order valence-electron chi connectivity index (χ0n) is 29.5. The molecule has 7 rings (SSSR count). The standard InChI is InChI=1S/C42H56.2ClH.Zr/c1-39(2,3)27-18-20-30-31-21-19-28(40(4,5)6)23-35(31)38(34(30)22-27)42(26-14-11-10-12-15-26)36-17-13-16-32(36)33-24-29(25-37(33)42)41(7,8)9;;;/h18-23,25-26,32,36,38H,10-17,24H2,1-9H3;2*1H;/q;;;+2/p-2. The van der Waals surface area contributed by atoms with Gasteiger partial charge in [0, 0.05) is 11.3 Å². The van der Waals surface area contributed by atoms with Crippen molar-refractivity contribution in [3.05, 3.63) is 81.4 Å². The molecule has 2 aromatic carbocycles. The zero-order chi connectivity index (χ0) is 29.8. The van der Waals surface area contributed by atoms with Gasteiger partial charge in [0.1, 0.15) is 0 Å². The van der Waals surface area contributed by atoms with E-state index in [9.17, 15) is 0 Å². The van der Waals surface area contributed by atoms with Crippen molar-refractivity contribution in [3.8, 4) is 11.1 Å². The maximum atomic E-state index is 2.81. The van der Waals surface area contributed by atoms with Crippen molar-refractivity contribution in [2.75, 3.05) is 0 Å². The van der Waals surface area contributed by atoms with Gasteiger partial charge >= 0.3 is 26.2 Å². The summed E-state index contributed by atoms with van der Waals surface area (Å²) >= 11 is 0. The van der Waals surface area contributed by atoms with E-state index in [1.54, 1.807) is 16.7 Å². The summed E-state index contributed by atoms with van der Waals surface area (Å²) in [4.78, 5) is 0. The molecule has 2 fully saturated rings. The Bertz CT molecular complexity index is 1420. The number of hydrogen-bond donors (Lipinski definition) is 0. The van der Waals surface area contributed by atoms with Crippen molar-refractivity contribution in [2.24, 2.45) is 28.6 Å². The van der Waals surface area contributed by atoms with Gasteiger partial charge in [-0.05, 0) is 105 Å². The molecule has 0 aromatic heterocycles. The first-order valence-electron chi connectivity index (χ1n) is 17.5. The molecule has 5 aliphatic carbocycles. The minimum atomic E-state index is 0. The van der Waals surface area contributed by atoms with E-state index in [1.165, 1.54) is 80.0 Å². The summed E-state index contributed by atoms with van der Waals surface area (Å²) in [6.45, 7) is 21.8. The molecular formula is C42H56Cl2Zr. The molecule has 242 valence electrons. The Labute approximate surface area is 307 Å². The van der Waals surface area contributed by atoms with E-state index in [1.807, 2.05) is 11.1 Å². The monoisotopic (exact) mass is 720 g/mol. The van der Waals surface area contributed by atoms with Crippen LogP contribution in [-0.2, 0) is 37.0 Å². The van der Waals surface area contributed by atoms with E-state index >= 15 is 0 Å². The van der Waals surface area contributed by atoms with Gasteiger partial charge < -0.3 is 24.8 Å². The third-order valence-electron chi connectivity index (χ3n) is 12.6. The van der Waals surface area contributed by atoms with E-state index in [2.05, 4.69) is 105 Å². The molecule has 0 N–H and O–H groups in total. The van der Waals surface area contributed by atoms with E-state index < -0.39 is 0 Å².